The molecule has 0 spiro atoms. The highest BCUT2D eigenvalue weighted by Gasteiger charge is 2.58. The number of rotatable bonds is 12. The fraction of sp³-hybridized carbons (Fsp3) is 0.944. The van der Waals surface area contributed by atoms with E-state index in [2.05, 4.69) is 6.92 Å². The van der Waals surface area contributed by atoms with Gasteiger partial charge in [0, 0.05) is 0 Å². The predicted octanol–water partition coefficient (Wildman–Crippen LogP) is 0.380. The van der Waals surface area contributed by atoms with E-state index < -0.39 is 48.7 Å². The summed E-state index contributed by atoms with van der Waals surface area (Å²) in [6.07, 6.45) is 1.31. The van der Waals surface area contributed by atoms with Gasteiger partial charge in [-0.1, -0.05) is 58.3 Å². The van der Waals surface area contributed by atoms with E-state index in [4.69, 9.17) is 4.74 Å². The number of carboxylic acid groups (broad SMARTS) is 1. The molecule has 0 aromatic heterocycles. The summed E-state index contributed by atoms with van der Waals surface area (Å²) < 4.78 is 5.13. The molecule has 26 heavy (non-hydrogen) atoms. The van der Waals surface area contributed by atoms with E-state index in [0.29, 0.717) is 6.42 Å². The van der Waals surface area contributed by atoms with Crippen LogP contribution >= 0.6 is 0 Å². The molecule has 8 heteroatoms. The lowest BCUT2D eigenvalue weighted by atomic mass is 9.82. The maximum absolute atomic E-state index is 11.6. The first kappa shape index (κ1) is 23.3. The molecule has 0 aliphatic carbocycles. The first-order chi connectivity index (χ1) is 12.3. The maximum atomic E-state index is 11.6. The number of hydrogen-bond acceptors (Lipinski definition) is 7. The molecular formula is C18H34O8. The lowest BCUT2D eigenvalue weighted by Crippen LogP contribution is -2.68. The van der Waals surface area contributed by atoms with Crippen molar-refractivity contribution in [2.24, 2.45) is 5.92 Å². The third-order valence-electron chi connectivity index (χ3n) is 5.14. The van der Waals surface area contributed by atoms with Crippen LogP contribution in [-0.4, -0.2) is 73.4 Å². The Morgan fingerprint density at radius 2 is 1.54 bits per heavy atom. The van der Waals surface area contributed by atoms with Gasteiger partial charge in [0.15, 0.2) is 0 Å². The molecule has 1 rings (SSSR count). The minimum absolute atomic E-state index is 0.0544. The Kier molecular flexibility index (Phi) is 9.99. The van der Waals surface area contributed by atoms with Gasteiger partial charge in [-0.2, -0.15) is 0 Å². The van der Waals surface area contributed by atoms with Crippen molar-refractivity contribution in [2.45, 2.75) is 94.9 Å². The van der Waals surface area contributed by atoms with E-state index in [1.54, 1.807) is 0 Å². The molecule has 0 saturated carbocycles. The van der Waals surface area contributed by atoms with E-state index in [1.807, 2.05) is 0 Å². The SMILES string of the molecule is CCCCCCCCCCC(C(=O)O)C1(O)O[C@H](CO)[C@@H](O)[C@H](O)[C@H]1O. The van der Waals surface area contributed by atoms with Gasteiger partial charge in [0.05, 0.1) is 6.61 Å². The lowest BCUT2D eigenvalue weighted by molar-refractivity contribution is -0.365. The van der Waals surface area contributed by atoms with E-state index in [0.717, 1.165) is 25.7 Å². The maximum Gasteiger partial charge on any atom is 0.312 e. The highest BCUT2D eigenvalue weighted by atomic mass is 16.7. The average molecular weight is 378 g/mol. The summed E-state index contributed by atoms with van der Waals surface area (Å²) in [5.74, 6) is -5.41. The molecule has 1 fully saturated rings. The zero-order valence-electron chi connectivity index (χ0n) is 15.5. The van der Waals surface area contributed by atoms with Crippen LogP contribution in [0.3, 0.4) is 0 Å². The summed E-state index contributed by atoms with van der Waals surface area (Å²) in [4.78, 5) is 11.6. The molecule has 1 heterocycles. The van der Waals surface area contributed by atoms with Crippen LogP contribution in [0.1, 0.15) is 64.7 Å². The normalized spacial score (nSPS) is 33.2. The fourth-order valence-corrected chi connectivity index (χ4v) is 3.46. The molecule has 0 aromatic rings. The van der Waals surface area contributed by atoms with Gasteiger partial charge in [0.2, 0.25) is 5.79 Å². The number of carbonyl (C=O) groups is 1. The number of aliphatic hydroxyl groups is 5. The second-order valence-electron chi connectivity index (χ2n) is 7.17. The third-order valence-corrected chi connectivity index (χ3v) is 5.14. The molecule has 2 unspecified atom stereocenters. The van der Waals surface area contributed by atoms with Crippen LogP contribution in [0.25, 0.3) is 0 Å². The van der Waals surface area contributed by atoms with Crippen LogP contribution in [0.2, 0.25) is 0 Å². The van der Waals surface area contributed by atoms with Crippen molar-refractivity contribution in [3.05, 3.63) is 0 Å². The summed E-state index contributed by atoms with van der Waals surface area (Å²) in [6, 6.07) is 0. The molecule has 0 radical (unpaired) electrons. The van der Waals surface area contributed by atoms with Gasteiger partial charge in [-0.25, -0.2) is 0 Å². The molecule has 8 nitrogen and oxygen atoms in total. The number of aliphatic hydroxyl groups excluding tert-OH is 4. The number of unbranched alkanes of at least 4 members (excludes halogenated alkanes) is 7. The second kappa shape index (κ2) is 11.2. The zero-order chi connectivity index (χ0) is 19.7. The Morgan fingerprint density at radius 3 is 2.04 bits per heavy atom. The van der Waals surface area contributed by atoms with Crippen LogP contribution in [0.5, 0.6) is 0 Å². The largest absolute Gasteiger partial charge is 0.481 e. The quantitative estimate of drug-likeness (QED) is 0.267. The van der Waals surface area contributed by atoms with E-state index in [9.17, 15) is 35.4 Å². The van der Waals surface area contributed by atoms with Crippen molar-refractivity contribution in [1.29, 1.82) is 0 Å². The van der Waals surface area contributed by atoms with Crippen molar-refractivity contribution in [2.75, 3.05) is 6.61 Å². The molecule has 1 aliphatic heterocycles. The van der Waals surface area contributed by atoms with Crippen molar-refractivity contribution < 1.29 is 40.2 Å². The molecule has 0 amide bonds. The van der Waals surface area contributed by atoms with Gasteiger partial charge in [-0.3, -0.25) is 4.79 Å². The predicted molar refractivity (Wildman–Crippen MR) is 93.3 cm³/mol. The van der Waals surface area contributed by atoms with Crippen molar-refractivity contribution >= 4 is 5.97 Å². The fourth-order valence-electron chi connectivity index (χ4n) is 3.46. The molecule has 6 N–H and O–H groups in total. The van der Waals surface area contributed by atoms with Gasteiger partial charge in [-0.15, -0.1) is 0 Å². The van der Waals surface area contributed by atoms with Crippen LogP contribution < -0.4 is 0 Å². The molecule has 6 atom stereocenters. The summed E-state index contributed by atoms with van der Waals surface area (Å²) in [6.45, 7) is 1.42. The minimum Gasteiger partial charge on any atom is -0.481 e. The summed E-state index contributed by atoms with van der Waals surface area (Å²) in [5, 5.41) is 59.0. The van der Waals surface area contributed by atoms with E-state index in [1.165, 1.54) is 19.3 Å². The average Bonchev–Trinajstić information content (AvgIpc) is 2.61. The Labute approximate surface area is 154 Å². The lowest BCUT2D eigenvalue weighted by Gasteiger charge is -2.47. The zero-order valence-corrected chi connectivity index (χ0v) is 15.5. The summed E-state index contributed by atoms with van der Waals surface area (Å²) in [7, 11) is 0. The van der Waals surface area contributed by atoms with Crippen LogP contribution in [0, 0.1) is 5.92 Å². The van der Waals surface area contributed by atoms with Crippen LogP contribution in [-0.2, 0) is 9.53 Å². The van der Waals surface area contributed by atoms with Crippen molar-refractivity contribution in [3.63, 3.8) is 0 Å². The Balaban J connectivity index is 2.60. The van der Waals surface area contributed by atoms with Crippen molar-refractivity contribution in [3.8, 4) is 0 Å². The minimum atomic E-state index is -2.57. The van der Waals surface area contributed by atoms with Gasteiger partial charge < -0.3 is 35.4 Å². The van der Waals surface area contributed by atoms with E-state index in [-0.39, 0.29) is 6.42 Å². The smallest absolute Gasteiger partial charge is 0.312 e. The van der Waals surface area contributed by atoms with Gasteiger partial charge in [-0.05, 0) is 6.42 Å². The first-order valence-electron chi connectivity index (χ1n) is 9.57. The standard InChI is InChI=1S/C18H34O8/c1-2-3-4-5-6-7-8-9-10-12(17(23)24)18(25)16(22)15(21)14(20)13(11-19)26-18/h12-16,19-22,25H,2-11H2,1H3,(H,23,24)/t12?,13-,14-,15+,16-,18?/m1/s1. The van der Waals surface area contributed by atoms with Gasteiger partial charge >= 0.3 is 5.97 Å². The van der Waals surface area contributed by atoms with Crippen LogP contribution in [0.15, 0.2) is 0 Å². The number of hydrogen-bond donors (Lipinski definition) is 6. The topological polar surface area (TPSA) is 148 Å². The van der Waals surface area contributed by atoms with Crippen molar-refractivity contribution in [1.82, 2.24) is 0 Å². The summed E-state index contributed by atoms with van der Waals surface area (Å²) in [5.41, 5.74) is 0. The summed E-state index contributed by atoms with van der Waals surface area (Å²) >= 11 is 0. The third kappa shape index (κ3) is 5.87. The highest BCUT2D eigenvalue weighted by molar-refractivity contribution is 5.71. The molecular weight excluding hydrogens is 344 g/mol. The number of ether oxygens (including phenoxy) is 1. The molecule has 154 valence electrons. The second-order valence-corrected chi connectivity index (χ2v) is 7.17. The molecule has 1 aliphatic rings. The number of carboxylic acids is 1. The Bertz CT molecular complexity index is 416. The highest BCUT2D eigenvalue weighted by Crippen LogP contribution is 2.36. The van der Waals surface area contributed by atoms with E-state index >= 15 is 0 Å². The molecule has 0 aromatic carbocycles. The Hall–Kier alpha value is -0.770. The molecule has 0 bridgehead atoms. The molecule has 1 saturated heterocycles. The Morgan fingerprint density at radius 1 is 1.00 bits per heavy atom. The van der Waals surface area contributed by atoms with Gasteiger partial charge in [0.1, 0.15) is 30.3 Å². The first-order valence-corrected chi connectivity index (χ1v) is 9.57. The monoisotopic (exact) mass is 378 g/mol. The number of aliphatic carboxylic acids is 1. The van der Waals surface area contributed by atoms with Gasteiger partial charge in [0.25, 0.3) is 0 Å². The van der Waals surface area contributed by atoms with Crippen LogP contribution in [0.4, 0.5) is 0 Å².